The summed E-state index contributed by atoms with van der Waals surface area (Å²) < 4.78 is 12.1. The Hall–Kier alpha value is -2.45. The summed E-state index contributed by atoms with van der Waals surface area (Å²) in [5, 5.41) is 2.36. The van der Waals surface area contributed by atoms with Crippen molar-refractivity contribution < 1.29 is 23.9 Å². The third-order valence-electron chi connectivity index (χ3n) is 8.79. The average molecular weight is 482 g/mol. The average Bonchev–Trinajstić information content (AvgIpc) is 3.15. The number of hydrogen-bond donors (Lipinski definition) is 1. The molecule has 4 fully saturated rings. The first-order valence-electron chi connectivity index (χ1n) is 13.3. The lowest BCUT2D eigenvalue weighted by atomic mass is 9.78. The fourth-order valence-electron chi connectivity index (χ4n) is 6.74. The normalized spacial score (nSPS) is 30.7. The molecule has 0 bridgehead atoms. The minimum atomic E-state index is -0.588. The number of fused-ring (bicyclic) bond motifs is 1. The van der Waals surface area contributed by atoms with Crippen molar-refractivity contribution in [3.05, 3.63) is 29.3 Å². The van der Waals surface area contributed by atoms with Gasteiger partial charge in [0, 0.05) is 50.9 Å². The lowest BCUT2D eigenvalue weighted by Gasteiger charge is -2.51. The number of amides is 3. The van der Waals surface area contributed by atoms with Crippen LogP contribution in [0.3, 0.4) is 0 Å². The van der Waals surface area contributed by atoms with Crippen LogP contribution >= 0.6 is 0 Å². The van der Waals surface area contributed by atoms with Crippen LogP contribution in [0.1, 0.15) is 67.3 Å². The number of ether oxygens (including phenoxy) is 2. The van der Waals surface area contributed by atoms with Crippen molar-refractivity contribution in [2.75, 3.05) is 26.3 Å². The standard InChI is InChI=1S/C27H35N3O5/c31-25-8-7-23(26(32)28-25)30-16-18-13-20(5-6-21(18)27(30)33)35-24-4-2-1-3-22(24)29-14-19(15-29)17-9-11-34-12-10-17/h5-6,13,17,19,22-24H,1-4,7-12,14-16H2,(H,28,31,32)/t22-,23?,24-/m0/s1. The number of nitrogens with one attached hydrogen (secondary N) is 1. The van der Waals surface area contributed by atoms with E-state index in [9.17, 15) is 14.4 Å². The summed E-state index contributed by atoms with van der Waals surface area (Å²) in [6, 6.07) is 5.58. The molecule has 1 aromatic rings. The van der Waals surface area contributed by atoms with Gasteiger partial charge in [0.15, 0.2) is 0 Å². The number of likely N-dealkylation sites (tertiary alicyclic amines) is 1. The Labute approximate surface area is 206 Å². The molecule has 3 atom stereocenters. The number of benzene rings is 1. The molecule has 4 aliphatic heterocycles. The van der Waals surface area contributed by atoms with Crippen LogP contribution in [0.15, 0.2) is 18.2 Å². The minimum Gasteiger partial charge on any atom is -0.489 e. The molecule has 3 amide bonds. The molecule has 0 aromatic heterocycles. The summed E-state index contributed by atoms with van der Waals surface area (Å²) in [6.45, 7) is 4.56. The zero-order chi connectivity index (χ0) is 23.9. The van der Waals surface area contributed by atoms with Gasteiger partial charge in [-0.1, -0.05) is 6.42 Å². The second kappa shape index (κ2) is 9.54. The molecule has 0 radical (unpaired) electrons. The Kier molecular flexibility index (Phi) is 6.26. The molecule has 1 unspecified atom stereocenters. The van der Waals surface area contributed by atoms with Gasteiger partial charge in [-0.3, -0.25) is 24.6 Å². The molecule has 3 saturated heterocycles. The molecule has 8 nitrogen and oxygen atoms in total. The molecular formula is C27H35N3O5. The van der Waals surface area contributed by atoms with Gasteiger partial charge in [-0.05, 0) is 74.1 Å². The van der Waals surface area contributed by atoms with Crippen LogP contribution in [0.5, 0.6) is 5.75 Å². The zero-order valence-corrected chi connectivity index (χ0v) is 20.2. The van der Waals surface area contributed by atoms with E-state index in [0.29, 0.717) is 24.6 Å². The number of imide groups is 1. The van der Waals surface area contributed by atoms with Gasteiger partial charge in [-0.15, -0.1) is 0 Å². The summed E-state index contributed by atoms with van der Waals surface area (Å²) in [6.07, 6.45) is 7.88. The van der Waals surface area contributed by atoms with Crippen LogP contribution in [-0.4, -0.2) is 72.0 Å². The van der Waals surface area contributed by atoms with E-state index in [0.717, 1.165) is 42.8 Å². The summed E-state index contributed by atoms with van der Waals surface area (Å²) >= 11 is 0. The number of piperidine rings is 1. The molecule has 1 N–H and O–H groups in total. The Morgan fingerprint density at radius 3 is 2.54 bits per heavy atom. The fraction of sp³-hybridized carbons (Fsp3) is 0.667. The van der Waals surface area contributed by atoms with E-state index in [4.69, 9.17) is 9.47 Å². The molecule has 1 aliphatic carbocycles. The third-order valence-corrected chi connectivity index (χ3v) is 8.79. The van der Waals surface area contributed by atoms with E-state index in [-0.39, 0.29) is 30.2 Å². The Balaban J connectivity index is 1.10. The second-order valence-electron chi connectivity index (χ2n) is 10.9. The lowest BCUT2D eigenvalue weighted by Crippen LogP contribution is -2.59. The predicted octanol–water partition coefficient (Wildman–Crippen LogP) is 2.50. The van der Waals surface area contributed by atoms with Gasteiger partial charge in [0.25, 0.3) is 5.91 Å². The highest BCUT2D eigenvalue weighted by atomic mass is 16.5. The van der Waals surface area contributed by atoms with Gasteiger partial charge in [-0.25, -0.2) is 0 Å². The van der Waals surface area contributed by atoms with E-state index in [1.165, 1.54) is 45.2 Å². The van der Waals surface area contributed by atoms with E-state index >= 15 is 0 Å². The van der Waals surface area contributed by atoms with Crippen molar-refractivity contribution in [1.29, 1.82) is 0 Å². The highest BCUT2D eigenvalue weighted by Crippen LogP contribution is 2.37. The molecular weight excluding hydrogens is 446 g/mol. The molecule has 1 aromatic carbocycles. The Morgan fingerprint density at radius 1 is 0.943 bits per heavy atom. The van der Waals surface area contributed by atoms with Crippen molar-refractivity contribution in [2.45, 2.75) is 76.1 Å². The summed E-state index contributed by atoms with van der Waals surface area (Å²) in [4.78, 5) is 41.0. The van der Waals surface area contributed by atoms with Crippen LogP contribution in [0, 0.1) is 11.8 Å². The maximum atomic E-state index is 13.0. The largest absolute Gasteiger partial charge is 0.489 e. The van der Waals surface area contributed by atoms with Crippen molar-refractivity contribution in [3.8, 4) is 5.75 Å². The van der Waals surface area contributed by atoms with Crippen molar-refractivity contribution in [2.24, 2.45) is 11.8 Å². The molecule has 4 heterocycles. The monoisotopic (exact) mass is 481 g/mol. The van der Waals surface area contributed by atoms with Gasteiger partial charge >= 0.3 is 0 Å². The van der Waals surface area contributed by atoms with E-state index in [1.54, 1.807) is 4.90 Å². The Bertz CT molecular complexity index is 1000. The molecule has 35 heavy (non-hydrogen) atoms. The first-order valence-corrected chi connectivity index (χ1v) is 13.3. The third kappa shape index (κ3) is 4.47. The summed E-state index contributed by atoms with van der Waals surface area (Å²) in [5.74, 6) is 1.62. The number of rotatable bonds is 5. The SMILES string of the molecule is O=C1CCC(N2Cc3cc(O[C@H]4CCCC[C@@H]4N4CC(C5CCOCC5)C4)ccc3C2=O)C(=O)N1. The molecule has 5 aliphatic rings. The molecule has 8 heteroatoms. The topological polar surface area (TPSA) is 88.2 Å². The first-order chi connectivity index (χ1) is 17.1. The summed E-state index contributed by atoms with van der Waals surface area (Å²) in [7, 11) is 0. The second-order valence-corrected chi connectivity index (χ2v) is 10.9. The maximum absolute atomic E-state index is 13.0. The van der Waals surface area contributed by atoms with E-state index in [1.807, 2.05) is 18.2 Å². The van der Waals surface area contributed by atoms with Crippen LogP contribution in [0.4, 0.5) is 0 Å². The summed E-state index contributed by atoms with van der Waals surface area (Å²) in [5.41, 5.74) is 1.53. The van der Waals surface area contributed by atoms with E-state index < -0.39 is 6.04 Å². The number of carbonyl (C=O) groups excluding carboxylic acids is 3. The van der Waals surface area contributed by atoms with Gasteiger partial charge in [0.1, 0.15) is 17.9 Å². The molecule has 0 spiro atoms. The van der Waals surface area contributed by atoms with Crippen LogP contribution in [-0.2, 0) is 20.9 Å². The first kappa shape index (κ1) is 23.0. The van der Waals surface area contributed by atoms with Gasteiger partial charge in [0.2, 0.25) is 11.8 Å². The van der Waals surface area contributed by atoms with Crippen molar-refractivity contribution >= 4 is 17.7 Å². The van der Waals surface area contributed by atoms with Crippen LogP contribution < -0.4 is 10.1 Å². The predicted molar refractivity (Wildman–Crippen MR) is 128 cm³/mol. The van der Waals surface area contributed by atoms with Gasteiger partial charge in [0.05, 0.1) is 0 Å². The van der Waals surface area contributed by atoms with Crippen molar-refractivity contribution in [3.63, 3.8) is 0 Å². The smallest absolute Gasteiger partial charge is 0.255 e. The number of hydrogen-bond acceptors (Lipinski definition) is 6. The van der Waals surface area contributed by atoms with Crippen molar-refractivity contribution in [1.82, 2.24) is 15.1 Å². The maximum Gasteiger partial charge on any atom is 0.255 e. The minimum absolute atomic E-state index is 0.142. The van der Waals surface area contributed by atoms with E-state index in [2.05, 4.69) is 10.2 Å². The lowest BCUT2D eigenvalue weighted by molar-refractivity contribution is -0.136. The quantitative estimate of drug-likeness (QED) is 0.651. The number of nitrogens with zero attached hydrogens (tertiary/aromatic N) is 2. The number of carbonyl (C=O) groups is 3. The van der Waals surface area contributed by atoms with Gasteiger partial charge < -0.3 is 14.4 Å². The molecule has 1 saturated carbocycles. The highest BCUT2D eigenvalue weighted by molar-refractivity contribution is 6.05. The fourth-order valence-corrected chi connectivity index (χ4v) is 6.74. The molecule has 6 rings (SSSR count). The zero-order valence-electron chi connectivity index (χ0n) is 20.2. The van der Waals surface area contributed by atoms with Crippen LogP contribution in [0.2, 0.25) is 0 Å². The van der Waals surface area contributed by atoms with Gasteiger partial charge in [-0.2, -0.15) is 0 Å². The highest BCUT2D eigenvalue weighted by Gasteiger charge is 2.42. The Morgan fingerprint density at radius 2 is 1.74 bits per heavy atom. The molecule has 188 valence electrons. The van der Waals surface area contributed by atoms with Crippen LogP contribution in [0.25, 0.3) is 0 Å².